The van der Waals surface area contributed by atoms with Crippen molar-refractivity contribution in [2.24, 2.45) is 0 Å². The van der Waals surface area contributed by atoms with Crippen LogP contribution in [0.5, 0.6) is 0 Å². The lowest BCUT2D eigenvalue weighted by Gasteiger charge is -2.14. The summed E-state index contributed by atoms with van der Waals surface area (Å²) in [7, 11) is 0. The first kappa shape index (κ1) is 25.8. The number of fused-ring (bicyclic) bond motifs is 1. The van der Waals surface area contributed by atoms with E-state index in [9.17, 15) is 14.4 Å². The highest BCUT2D eigenvalue weighted by Gasteiger charge is 2.17. The molecule has 0 aliphatic heterocycles. The number of amides is 3. The van der Waals surface area contributed by atoms with Crippen LogP contribution in [0.4, 0.5) is 10.5 Å². The number of anilines is 1. The van der Waals surface area contributed by atoms with Gasteiger partial charge in [-0.15, -0.1) is 0 Å². The van der Waals surface area contributed by atoms with Gasteiger partial charge in [0.1, 0.15) is 0 Å². The topological polar surface area (TPSA) is 93.1 Å². The molecule has 0 fully saturated rings. The molecule has 0 atom stereocenters. The van der Waals surface area contributed by atoms with E-state index in [0.29, 0.717) is 43.9 Å². The molecule has 0 saturated heterocycles. The summed E-state index contributed by atoms with van der Waals surface area (Å²) in [6.07, 6.45) is 0.689. The number of hydrogen-bond acceptors (Lipinski definition) is 5. The van der Waals surface area contributed by atoms with Crippen LogP contribution in [0.1, 0.15) is 18.1 Å². The molecule has 1 aromatic heterocycles. The van der Waals surface area contributed by atoms with Gasteiger partial charge in [0, 0.05) is 15.7 Å². The van der Waals surface area contributed by atoms with E-state index in [1.165, 1.54) is 4.57 Å². The minimum Gasteiger partial charge on any atom is -0.307 e. The summed E-state index contributed by atoms with van der Waals surface area (Å²) in [5.41, 5.74) is 3.03. The number of para-hydroxylation sites is 1. The Kier molecular flexibility index (Phi) is 7.98. The molecule has 0 unspecified atom stereocenters. The number of rotatable bonds is 6. The molecule has 4 aromatic rings. The zero-order valence-corrected chi connectivity index (χ0v) is 21.8. The van der Waals surface area contributed by atoms with E-state index < -0.39 is 11.9 Å². The molecule has 0 bridgehead atoms. The molecule has 36 heavy (non-hydrogen) atoms. The normalized spacial score (nSPS) is 10.9. The van der Waals surface area contributed by atoms with Crippen molar-refractivity contribution in [2.75, 3.05) is 11.1 Å². The standard InChI is InChI=1S/C26H22Cl2N4O3S/c1-3-16-12-18(10-11-20(16)28)32-24(34)19-6-4-5-7-21(19)30-26(32)36-14-23(33)31-25(35)29-22-13-17(27)9-8-15(22)2/h4-13H,3,14H2,1-2H3,(H2,29,31,33,35). The molecule has 7 nitrogen and oxygen atoms in total. The SMILES string of the molecule is CCc1cc(-n2c(SCC(=O)NC(=O)Nc3cc(Cl)ccc3C)nc3ccccc3c2=O)ccc1Cl. The van der Waals surface area contributed by atoms with Crippen molar-refractivity contribution in [1.29, 1.82) is 0 Å². The molecule has 0 saturated carbocycles. The van der Waals surface area contributed by atoms with Gasteiger partial charge in [0.05, 0.1) is 22.3 Å². The Bertz CT molecular complexity index is 1540. The maximum Gasteiger partial charge on any atom is 0.325 e. The molecule has 0 aliphatic rings. The van der Waals surface area contributed by atoms with Gasteiger partial charge >= 0.3 is 6.03 Å². The Hall–Kier alpha value is -3.33. The van der Waals surface area contributed by atoms with Crippen LogP contribution in [0.25, 0.3) is 16.6 Å². The fraction of sp³-hybridized carbons (Fsp3) is 0.154. The summed E-state index contributed by atoms with van der Waals surface area (Å²) < 4.78 is 1.46. The van der Waals surface area contributed by atoms with Crippen molar-refractivity contribution < 1.29 is 9.59 Å². The van der Waals surface area contributed by atoms with Crippen molar-refractivity contribution in [3.63, 3.8) is 0 Å². The average Bonchev–Trinajstić information content (AvgIpc) is 2.85. The second-order valence-electron chi connectivity index (χ2n) is 7.93. The lowest BCUT2D eigenvalue weighted by atomic mass is 10.1. The highest BCUT2D eigenvalue weighted by atomic mass is 35.5. The molecule has 10 heteroatoms. The van der Waals surface area contributed by atoms with Gasteiger partial charge in [-0.1, -0.05) is 60.1 Å². The van der Waals surface area contributed by atoms with Crippen molar-refractivity contribution >= 4 is 63.5 Å². The fourth-order valence-electron chi connectivity index (χ4n) is 3.58. The zero-order valence-electron chi connectivity index (χ0n) is 19.5. The third kappa shape index (κ3) is 5.73. The van der Waals surface area contributed by atoms with Crippen molar-refractivity contribution in [1.82, 2.24) is 14.9 Å². The molecule has 2 N–H and O–H groups in total. The number of carbonyl (C=O) groups is 2. The van der Waals surface area contributed by atoms with Crippen LogP contribution >= 0.6 is 35.0 Å². The van der Waals surface area contributed by atoms with E-state index in [1.54, 1.807) is 54.6 Å². The number of aryl methyl sites for hydroxylation is 2. The van der Waals surface area contributed by atoms with Crippen molar-refractivity contribution in [2.45, 2.75) is 25.4 Å². The van der Waals surface area contributed by atoms with Gasteiger partial charge in [-0.25, -0.2) is 9.78 Å². The molecule has 0 aliphatic carbocycles. The molecule has 3 amide bonds. The quantitative estimate of drug-likeness (QED) is 0.231. The summed E-state index contributed by atoms with van der Waals surface area (Å²) >= 11 is 13.3. The lowest BCUT2D eigenvalue weighted by molar-refractivity contribution is -0.117. The van der Waals surface area contributed by atoms with Gasteiger partial charge < -0.3 is 5.32 Å². The van der Waals surface area contributed by atoms with E-state index in [-0.39, 0.29) is 11.3 Å². The van der Waals surface area contributed by atoms with Crippen LogP contribution in [0.15, 0.2) is 70.6 Å². The largest absolute Gasteiger partial charge is 0.325 e. The second-order valence-corrected chi connectivity index (χ2v) is 9.72. The van der Waals surface area contributed by atoms with E-state index in [2.05, 4.69) is 15.6 Å². The monoisotopic (exact) mass is 540 g/mol. The first-order chi connectivity index (χ1) is 17.3. The average molecular weight is 541 g/mol. The third-order valence-electron chi connectivity index (χ3n) is 5.45. The molecular formula is C26H22Cl2N4O3S. The Morgan fingerprint density at radius 1 is 1.06 bits per heavy atom. The summed E-state index contributed by atoms with van der Waals surface area (Å²) in [6, 6.07) is 16.7. The molecular weight excluding hydrogens is 519 g/mol. The number of urea groups is 1. The predicted octanol–water partition coefficient (Wildman–Crippen LogP) is 6.00. The summed E-state index contributed by atoms with van der Waals surface area (Å²) in [5.74, 6) is -0.683. The molecule has 0 radical (unpaired) electrons. The van der Waals surface area contributed by atoms with Crippen LogP contribution in [-0.2, 0) is 11.2 Å². The van der Waals surface area contributed by atoms with E-state index >= 15 is 0 Å². The van der Waals surface area contributed by atoms with Crippen molar-refractivity contribution in [3.05, 3.63) is 92.2 Å². The first-order valence-corrected chi connectivity index (χ1v) is 12.8. The van der Waals surface area contributed by atoms with Crippen LogP contribution in [-0.4, -0.2) is 27.2 Å². The maximum absolute atomic E-state index is 13.4. The highest BCUT2D eigenvalue weighted by molar-refractivity contribution is 7.99. The molecule has 0 spiro atoms. The number of imide groups is 1. The Morgan fingerprint density at radius 3 is 2.61 bits per heavy atom. The van der Waals surface area contributed by atoms with Crippen LogP contribution in [0.3, 0.4) is 0 Å². The second kappa shape index (κ2) is 11.2. The Balaban J connectivity index is 1.58. The molecule has 1 heterocycles. The highest BCUT2D eigenvalue weighted by Crippen LogP contribution is 2.25. The summed E-state index contributed by atoms with van der Waals surface area (Å²) in [6.45, 7) is 3.79. The Labute approximate surface area is 221 Å². The van der Waals surface area contributed by atoms with Gasteiger partial charge in [0.15, 0.2) is 5.16 Å². The number of benzene rings is 3. The van der Waals surface area contributed by atoms with Gasteiger partial charge in [-0.2, -0.15) is 0 Å². The summed E-state index contributed by atoms with van der Waals surface area (Å²) in [5, 5.41) is 6.77. The number of aromatic nitrogens is 2. The fourth-order valence-corrected chi connectivity index (χ4v) is 4.82. The number of thioether (sulfide) groups is 1. The predicted molar refractivity (Wildman–Crippen MR) is 146 cm³/mol. The number of nitrogens with zero attached hydrogens (tertiary/aromatic N) is 2. The number of nitrogens with one attached hydrogen (secondary N) is 2. The van der Waals surface area contributed by atoms with E-state index in [4.69, 9.17) is 23.2 Å². The van der Waals surface area contributed by atoms with E-state index in [1.807, 2.05) is 19.9 Å². The maximum atomic E-state index is 13.4. The van der Waals surface area contributed by atoms with Crippen LogP contribution in [0, 0.1) is 6.92 Å². The molecule has 184 valence electrons. The number of hydrogen-bond donors (Lipinski definition) is 2. The minimum absolute atomic E-state index is 0.138. The van der Waals surface area contributed by atoms with Gasteiger partial charge in [0.2, 0.25) is 5.91 Å². The van der Waals surface area contributed by atoms with Gasteiger partial charge in [0.25, 0.3) is 5.56 Å². The van der Waals surface area contributed by atoms with Gasteiger partial charge in [-0.05, 0) is 66.9 Å². The smallest absolute Gasteiger partial charge is 0.307 e. The lowest BCUT2D eigenvalue weighted by Crippen LogP contribution is -2.35. The van der Waals surface area contributed by atoms with Crippen molar-refractivity contribution in [3.8, 4) is 5.69 Å². The Morgan fingerprint density at radius 2 is 1.83 bits per heavy atom. The number of carbonyl (C=O) groups excluding carboxylic acids is 2. The van der Waals surface area contributed by atoms with E-state index in [0.717, 1.165) is 22.9 Å². The molecule has 4 rings (SSSR count). The number of halogens is 2. The summed E-state index contributed by atoms with van der Waals surface area (Å²) in [4.78, 5) is 42.9. The molecule has 3 aromatic carbocycles. The van der Waals surface area contributed by atoms with Crippen LogP contribution in [0.2, 0.25) is 10.0 Å². The van der Waals surface area contributed by atoms with Crippen LogP contribution < -0.4 is 16.2 Å². The minimum atomic E-state index is -0.680. The third-order valence-corrected chi connectivity index (χ3v) is 6.99. The van der Waals surface area contributed by atoms with Gasteiger partial charge in [-0.3, -0.25) is 19.5 Å². The first-order valence-electron chi connectivity index (χ1n) is 11.1. The zero-order chi connectivity index (χ0) is 25.8.